The predicted molar refractivity (Wildman–Crippen MR) is 63.3 cm³/mol. The SMILES string of the molecule is O=C(O)c1cnn(-c2c(Cl)cncc2Cl)c1C(F)(F)F. The van der Waals surface area contributed by atoms with Crippen LogP contribution < -0.4 is 0 Å². The van der Waals surface area contributed by atoms with E-state index in [2.05, 4.69) is 10.1 Å². The Bertz CT molecular complexity index is 665. The Balaban J connectivity index is 2.80. The third-order valence-electron chi connectivity index (χ3n) is 2.31. The molecule has 10 heteroatoms. The van der Waals surface area contributed by atoms with E-state index in [0.717, 1.165) is 12.4 Å². The summed E-state index contributed by atoms with van der Waals surface area (Å²) in [6.45, 7) is 0. The first-order valence-electron chi connectivity index (χ1n) is 4.91. The summed E-state index contributed by atoms with van der Waals surface area (Å²) in [4.78, 5) is 14.5. The molecule has 0 atom stereocenters. The van der Waals surface area contributed by atoms with Gasteiger partial charge in [-0.3, -0.25) is 4.98 Å². The number of aromatic nitrogens is 3. The van der Waals surface area contributed by atoms with Gasteiger partial charge in [0, 0.05) is 12.4 Å². The molecule has 0 aliphatic carbocycles. The fraction of sp³-hybridized carbons (Fsp3) is 0.100. The molecule has 2 rings (SSSR count). The summed E-state index contributed by atoms with van der Waals surface area (Å²) < 4.78 is 39.4. The van der Waals surface area contributed by atoms with Crippen LogP contribution in [0.4, 0.5) is 13.2 Å². The van der Waals surface area contributed by atoms with Crippen molar-refractivity contribution in [2.75, 3.05) is 0 Å². The third kappa shape index (κ3) is 2.44. The molecular weight excluding hydrogens is 322 g/mol. The van der Waals surface area contributed by atoms with E-state index >= 15 is 0 Å². The van der Waals surface area contributed by atoms with Gasteiger partial charge >= 0.3 is 12.1 Å². The molecule has 1 N–H and O–H groups in total. The second-order valence-electron chi connectivity index (χ2n) is 3.57. The molecule has 2 aromatic heterocycles. The standard InChI is InChI=1S/C10H4Cl2F3N3O2/c11-5-2-16-3-6(12)7(5)18-8(10(13,14)15)4(1-17-18)9(19)20/h1-3H,(H,19,20). The second-order valence-corrected chi connectivity index (χ2v) is 4.39. The van der Waals surface area contributed by atoms with E-state index in [1.54, 1.807) is 0 Å². The summed E-state index contributed by atoms with van der Waals surface area (Å²) >= 11 is 11.5. The van der Waals surface area contributed by atoms with Gasteiger partial charge in [0.25, 0.3) is 0 Å². The Hall–Kier alpha value is -1.80. The van der Waals surface area contributed by atoms with Gasteiger partial charge in [-0.15, -0.1) is 0 Å². The average molecular weight is 326 g/mol. The number of carboxylic acid groups (broad SMARTS) is 1. The van der Waals surface area contributed by atoms with Gasteiger partial charge in [-0.1, -0.05) is 23.2 Å². The zero-order chi connectivity index (χ0) is 15.1. The molecule has 0 radical (unpaired) electrons. The molecule has 0 saturated carbocycles. The molecular formula is C10H4Cl2F3N3O2. The van der Waals surface area contributed by atoms with E-state index in [9.17, 15) is 18.0 Å². The summed E-state index contributed by atoms with van der Waals surface area (Å²) in [5.41, 5.74) is -2.76. The number of hydrogen-bond donors (Lipinski definition) is 1. The van der Waals surface area contributed by atoms with Gasteiger partial charge in [0.2, 0.25) is 0 Å². The maximum Gasteiger partial charge on any atom is 0.434 e. The predicted octanol–water partition coefficient (Wildman–Crippen LogP) is 3.29. The topological polar surface area (TPSA) is 68.0 Å². The average Bonchev–Trinajstić information content (AvgIpc) is 2.73. The third-order valence-corrected chi connectivity index (χ3v) is 2.86. The van der Waals surface area contributed by atoms with Crippen LogP contribution in [0.3, 0.4) is 0 Å². The minimum Gasteiger partial charge on any atom is -0.478 e. The van der Waals surface area contributed by atoms with Crippen molar-refractivity contribution in [3.63, 3.8) is 0 Å². The van der Waals surface area contributed by atoms with E-state index in [1.807, 2.05) is 0 Å². The zero-order valence-electron chi connectivity index (χ0n) is 9.32. The van der Waals surface area contributed by atoms with Crippen LogP contribution in [0.25, 0.3) is 5.69 Å². The number of aromatic carboxylic acids is 1. The van der Waals surface area contributed by atoms with E-state index in [-0.39, 0.29) is 15.7 Å². The van der Waals surface area contributed by atoms with Crippen molar-refractivity contribution in [1.29, 1.82) is 0 Å². The first-order chi connectivity index (χ1) is 9.23. The lowest BCUT2D eigenvalue weighted by molar-refractivity contribution is -0.143. The Labute approximate surface area is 119 Å². The summed E-state index contributed by atoms with van der Waals surface area (Å²) in [6.07, 6.45) is -2.21. The Kier molecular flexibility index (Phi) is 3.61. The fourth-order valence-electron chi connectivity index (χ4n) is 1.55. The molecule has 0 aliphatic heterocycles. The lowest BCUT2D eigenvalue weighted by atomic mass is 10.2. The number of pyridine rings is 1. The van der Waals surface area contributed by atoms with E-state index in [4.69, 9.17) is 28.3 Å². The van der Waals surface area contributed by atoms with Crippen molar-refractivity contribution >= 4 is 29.2 Å². The summed E-state index contributed by atoms with van der Waals surface area (Å²) in [5, 5.41) is 11.8. The number of carbonyl (C=O) groups is 1. The highest BCUT2D eigenvalue weighted by Gasteiger charge is 2.41. The van der Waals surface area contributed by atoms with Crippen LogP contribution in [-0.2, 0) is 6.18 Å². The molecule has 0 bridgehead atoms. The molecule has 0 unspecified atom stereocenters. The first kappa shape index (κ1) is 14.6. The van der Waals surface area contributed by atoms with E-state index < -0.39 is 23.4 Å². The van der Waals surface area contributed by atoms with Crippen LogP contribution in [0.15, 0.2) is 18.6 Å². The minimum absolute atomic E-state index is 0.192. The molecule has 0 spiro atoms. The highest BCUT2D eigenvalue weighted by Crippen LogP contribution is 2.36. The first-order valence-corrected chi connectivity index (χ1v) is 5.67. The lowest BCUT2D eigenvalue weighted by Gasteiger charge is -2.13. The second kappa shape index (κ2) is 4.95. The molecule has 0 aliphatic rings. The Morgan fingerprint density at radius 1 is 1.20 bits per heavy atom. The van der Waals surface area contributed by atoms with Crippen LogP contribution in [0.2, 0.25) is 10.0 Å². The van der Waals surface area contributed by atoms with Crippen molar-refractivity contribution < 1.29 is 23.1 Å². The summed E-state index contributed by atoms with van der Waals surface area (Å²) in [7, 11) is 0. The molecule has 0 aromatic carbocycles. The highest BCUT2D eigenvalue weighted by atomic mass is 35.5. The molecule has 20 heavy (non-hydrogen) atoms. The van der Waals surface area contributed by atoms with Gasteiger partial charge in [0.05, 0.1) is 16.2 Å². The van der Waals surface area contributed by atoms with Crippen molar-refractivity contribution in [2.45, 2.75) is 6.18 Å². The molecule has 5 nitrogen and oxygen atoms in total. The molecule has 2 heterocycles. The number of carboxylic acids is 1. The maximum atomic E-state index is 13.0. The lowest BCUT2D eigenvalue weighted by Crippen LogP contribution is -2.17. The maximum absolute atomic E-state index is 13.0. The number of rotatable bonds is 2. The van der Waals surface area contributed by atoms with Crippen molar-refractivity contribution in [3.05, 3.63) is 39.9 Å². The number of hydrogen-bond acceptors (Lipinski definition) is 3. The molecule has 0 saturated heterocycles. The quantitative estimate of drug-likeness (QED) is 0.919. The van der Waals surface area contributed by atoms with Crippen molar-refractivity contribution in [2.24, 2.45) is 0 Å². The summed E-state index contributed by atoms with van der Waals surface area (Å²) in [6, 6.07) is 0. The molecule has 2 aromatic rings. The molecule has 0 fully saturated rings. The van der Waals surface area contributed by atoms with E-state index in [0.29, 0.717) is 10.9 Å². The van der Waals surface area contributed by atoms with Crippen LogP contribution in [0.5, 0.6) is 0 Å². The van der Waals surface area contributed by atoms with Gasteiger partial charge in [-0.25, -0.2) is 9.48 Å². The number of alkyl halides is 3. The van der Waals surface area contributed by atoms with Gasteiger partial charge in [0.1, 0.15) is 11.3 Å². The van der Waals surface area contributed by atoms with Crippen LogP contribution in [0, 0.1) is 0 Å². The molecule has 106 valence electrons. The van der Waals surface area contributed by atoms with Gasteiger partial charge in [-0.2, -0.15) is 18.3 Å². The van der Waals surface area contributed by atoms with Gasteiger partial charge in [0.15, 0.2) is 5.69 Å². The minimum atomic E-state index is -4.94. The van der Waals surface area contributed by atoms with Crippen LogP contribution in [-0.4, -0.2) is 25.8 Å². The van der Waals surface area contributed by atoms with E-state index in [1.165, 1.54) is 0 Å². The van der Waals surface area contributed by atoms with Crippen LogP contribution in [0.1, 0.15) is 16.1 Å². The number of nitrogens with zero attached hydrogens (tertiary/aromatic N) is 3. The van der Waals surface area contributed by atoms with Crippen molar-refractivity contribution in [1.82, 2.24) is 14.8 Å². The normalized spacial score (nSPS) is 11.7. The number of halogens is 5. The largest absolute Gasteiger partial charge is 0.478 e. The van der Waals surface area contributed by atoms with Crippen molar-refractivity contribution in [3.8, 4) is 5.69 Å². The smallest absolute Gasteiger partial charge is 0.434 e. The highest BCUT2D eigenvalue weighted by molar-refractivity contribution is 6.37. The molecule has 0 amide bonds. The van der Waals surface area contributed by atoms with Crippen LogP contribution >= 0.6 is 23.2 Å². The Morgan fingerprint density at radius 3 is 2.20 bits per heavy atom. The zero-order valence-corrected chi connectivity index (χ0v) is 10.8. The Morgan fingerprint density at radius 2 is 1.75 bits per heavy atom. The fourth-order valence-corrected chi connectivity index (χ4v) is 2.08. The monoisotopic (exact) mass is 325 g/mol. The summed E-state index contributed by atoms with van der Waals surface area (Å²) in [5.74, 6) is -1.76. The van der Waals surface area contributed by atoms with Gasteiger partial charge < -0.3 is 5.11 Å². The van der Waals surface area contributed by atoms with Gasteiger partial charge in [-0.05, 0) is 0 Å².